The van der Waals surface area contributed by atoms with E-state index >= 15 is 0 Å². The van der Waals surface area contributed by atoms with Crippen LogP contribution in [0.4, 0.5) is 5.82 Å². The lowest BCUT2D eigenvalue weighted by Crippen LogP contribution is -2.19. The molecule has 1 aromatic heterocycles. The number of aryl methyl sites for hydroxylation is 1. The Kier molecular flexibility index (Phi) is 3.82. The van der Waals surface area contributed by atoms with Crippen molar-refractivity contribution in [3.63, 3.8) is 0 Å². The minimum atomic E-state index is -0.110. The van der Waals surface area contributed by atoms with Gasteiger partial charge in [-0.3, -0.25) is 0 Å². The molecule has 0 saturated carbocycles. The van der Waals surface area contributed by atoms with E-state index in [2.05, 4.69) is 52.7 Å². The van der Waals surface area contributed by atoms with Gasteiger partial charge in [0.2, 0.25) is 0 Å². The van der Waals surface area contributed by atoms with Crippen molar-refractivity contribution in [3.8, 4) is 23.6 Å². The molecule has 0 aliphatic rings. The highest BCUT2D eigenvalue weighted by atomic mass is 15.1. The molecule has 0 saturated heterocycles. The lowest BCUT2D eigenvalue weighted by molar-refractivity contribution is 0.517. The molecule has 21 heavy (non-hydrogen) atoms. The lowest BCUT2D eigenvalue weighted by Gasteiger charge is -2.18. The van der Waals surface area contributed by atoms with Gasteiger partial charge in [0, 0.05) is 11.0 Å². The first-order valence-electron chi connectivity index (χ1n) is 7.14. The molecule has 0 radical (unpaired) electrons. The van der Waals surface area contributed by atoms with E-state index in [1.54, 1.807) is 0 Å². The Morgan fingerprint density at radius 1 is 1.29 bits per heavy atom. The summed E-state index contributed by atoms with van der Waals surface area (Å²) in [5.74, 6) is 4.24. The summed E-state index contributed by atoms with van der Waals surface area (Å²) >= 11 is 0. The van der Waals surface area contributed by atoms with Gasteiger partial charge in [-0.15, -0.1) is 6.42 Å². The first-order valence-corrected chi connectivity index (χ1v) is 7.14. The Balaban J connectivity index is 2.72. The first kappa shape index (κ1) is 15.2. The maximum Gasteiger partial charge on any atom is 0.132 e. The third-order valence-electron chi connectivity index (χ3n) is 3.79. The average molecular weight is 281 g/mol. The molecule has 0 fully saturated rings. The van der Waals surface area contributed by atoms with Gasteiger partial charge < -0.3 is 10.3 Å². The Labute approximate surface area is 127 Å². The zero-order valence-electron chi connectivity index (χ0n) is 13.5. The van der Waals surface area contributed by atoms with Crippen LogP contribution in [0.2, 0.25) is 0 Å². The fraction of sp³-hybridized carbons (Fsp3) is 0.389. The van der Waals surface area contributed by atoms with Crippen LogP contribution < -0.4 is 5.73 Å². The van der Waals surface area contributed by atoms with E-state index in [9.17, 15) is 0 Å². The van der Waals surface area contributed by atoms with Gasteiger partial charge in [-0.2, -0.15) is 0 Å². The normalized spacial score (nSPS) is 11.4. The second-order valence-corrected chi connectivity index (χ2v) is 6.46. The van der Waals surface area contributed by atoms with Crippen LogP contribution in [0.5, 0.6) is 0 Å². The van der Waals surface area contributed by atoms with E-state index < -0.39 is 0 Å². The molecule has 2 N–H and O–H groups in total. The van der Waals surface area contributed by atoms with Gasteiger partial charge >= 0.3 is 0 Å². The number of aromatic nitrogens is 2. The number of nitrogen functional groups attached to an aromatic ring is 1. The van der Waals surface area contributed by atoms with Crippen molar-refractivity contribution in [3.05, 3.63) is 35.2 Å². The van der Waals surface area contributed by atoms with Crippen LogP contribution in [0.3, 0.4) is 0 Å². The number of anilines is 1. The second kappa shape index (κ2) is 5.29. The molecule has 0 aliphatic carbocycles. The summed E-state index contributed by atoms with van der Waals surface area (Å²) in [6.07, 6.45) is 5.49. The standard InChI is InChI=1S/C18H23N3/c1-7-11-21-16(19)15(20-17(21)18(4,5)6)14-10-8-9-12(2)13(14)3/h1,8-10H,11,19H2,2-6H3. The highest BCUT2D eigenvalue weighted by Gasteiger charge is 2.25. The van der Waals surface area contributed by atoms with E-state index in [1.807, 2.05) is 10.6 Å². The summed E-state index contributed by atoms with van der Waals surface area (Å²) in [5, 5.41) is 0. The minimum absolute atomic E-state index is 0.110. The van der Waals surface area contributed by atoms with Crippen molar-refractivity contribution in [2.45, 2.75) is 46.6 Å². The number of hydrogen-bond donors (Lipinski definition) is 1. The molecule has 0 unspecified atom stereocenters. The summed E-state index contributed by atoms with van der Waals surface area (Å²) in [5.41, 5.74) is 10.6. The van der Waals surface area contributed by atoms with Crippen LogP contribution in [0.15, 0.2) is 18.2 Å². The van der Waals surface area contributed by atoms with Gasteiger partial charge in [0.15, 0.2) is 0 Å². The zero-order chi connectivity index (χ0) is 15.8. The SMILES string of the molecule is C#CCn1c(C(C)(C)C)nc(-c2cccc(C)c2C)c1N. The van der Waals surface area contributed by atoms with Gasteiger partial charge in [-0.25, -0.2) is 4.98 Å². The molecule has 0 amide bonds. The molecule has 0 aliphatic heterocycles. The van der Waals surface area contributed by atoms with Crippen LogP contribution in [0, 0.1) is 26.2 Å². The maximum absolute atomic E-state index is 6.34. The predicted octanol–water partition coefficient (Wildman–Crippen LogP) is 3.68. The van der Waals surface area contributed by atoms with Crippen LogP contribution in [-0.2, 0) is 12.0 Å². The van der Waals surface area contributed by atoms with Crippen molar-refractivity contribution in [2.75, 3.05) is 5.73 Å². The Morgan fingerprint density at radius 3 is 2.52 bits per heavy atom. The van der Waals surface area contributed by atoms with Crippen molar-refractivity contribution >= 4 is 5.82 Å². The first-order chi connectivity index (χ1) is 9.77. The number of nitrogens with two attached hydrogens (primary N) is 1. The molecule has 0 bridgehead atoms. The molecular formula is C18H23N3. The highest BCUT2D eigenvalue weighted by Crippen LogP contribution is 2.34. The average Bonchev–Trinajstić information content (AvgIpc) is 2.71. The molecule has 2 rings (SSSR count). The Morgan fingerprint density at radius 2 is 1.95 bits per heavy atom. The van der Waals surface area contributed by atoms with E-state index in [-0.39, 0.29) is 5.41 Å². The van der Waals surface area contributed by atoms with Crippen molar-refractivity contribution in [1.29, 1.82) is 0 Å². The number of terminal acetylenes is 1. The van der Waals surface area contributed by atoms with Gasteiger partial charge in [-0.05, 0) is 25.0 Å². The van der Waals surface area contributed by atoms with Crippen LogP contribution in [0.1, 0.15) is 37.7 Å². The van der Waals surface area contributed by atoms with Gasteiger partial charge in [0.25, 0.3) is 0 Å². The molecule has 0 spiro atoms. The van der Waals surface area contributed by atoms with E-state index in [1.165, 1.54) is 11.1 Å². The van der Waals surface area contributed by atoms with Gasteiger partial charge in [0.1, 0.15) is 17.3 Å². The third kappa shape index (κ3) is 2.67. The molecule has 110 valence electrons. The molecule has 0 atom stereocenters. The third-order valence-corrected chi connectivity index (χ3v) is 3.79. The highest BCUT2D eigenvalue weighted by molar-refractivity contribution is 5.74. The summed E-state index contributed by atoms with van der Waals surface area (Å²) in [6, 6.07) is 6.19. The summed E-state index contributed by atoms with van der Waals surface area (Å²) < 4.78 is 1.94. The molecular weight excluding hydrogens is 258 g/mol. The topological polar surface area (TPSA) is 43.8 Å². The van der Waals surface area contributed by atoms with Gasteiger partial charge in [-0.1, -0.05) is 44.9 Å². The maximum atomic E-state index is 6.34. The fourth-order valence-corrected chi connectivity index (χ4v) is 2.50. The predicted molar refractivity (Wildman–Crippen MR) is 89.1 cm³/mol. The largest absolute Gasteiger partial charge is 0.383 e. The second-order valence-electron chi connectivity index (χ2n) is 6.46. The molecule has 2 aromatic rings. The molecule has 3 heteroatoms. The van der Waals surface area contributed by atoms with Crippen LogP contribution in [0.25, 0.3) is 11.3 Å². The monoisotopic (exact) mass is 281 g/mol. The summed E-state index contributed by atoms with van der Waals surface area (Å²) in [4.78, 5) is 4.81. The molecule has 1 heterocycles. The Bertz CT molecular complexity index is 709. The fourth-order valence-electron chi connectivity index (χ4n) is 2.50. The van der Waals surface area contributed by atoms with Gasteiger partial charge in [0.05, 0.1) is 6.54 Å². The smallest absolute Gasteiger partial charge is 0.132 e. The van der Waals surface area contributed by atoms with E-state index in [0.29, 0.717) is 12.4 Å². The quantitative estimate of drug-likeness (QED) is 0.853. The van der Waals surface area contributed by atoms with Crippen molar-refractivity contribution in [2.24, 2.45) is 0 Å². The van der Waals surface area contributed by atoms with E-state index in [4.69, 9.17) is 17.1 Å². The summed E-state index contributed by atoms with van der Waals surface area (Å²) in [6.45, 7) is 11.0. The zero-order valence-corrected chi connectivity index (χ0v) is 13.5. The number of imidazole rings is 1. The lowest BCUT2D eigenvalue weighted by atomic mass is 9.95. The Hall–Kier alpha value is -2.21. The molecule has 1 aromatic carbocycles. The number of nitrogens with zero attached hydrogens (tertiary/aromatic N) is 2. The number of rotatable bonds is 2. The summed E-state index contributed by atoms with van der Waals surface area (Å²) in [7, 11) is 0. The number of benzene rings is 1. The van der Waals surface area contributed by atoms with Crippen molar-refractivity contribution in [1.82, 2.24) is 9.55 Å². The van der Waals surface area contributed by atoms with Crippen LogP contribution >= 0.6 is 0 Å². The van der Waals surface area contributed by atoms with E-state index in [0.717, 1.165) is 17.1 Å². The minimum Gasteiger partial charge on any atom is -0.383 e. The van der Waals surface area contributed by atoms with Crippen LogP contribution in [-0.4, -0.2) is 9.55 Å². The molecule has 3 nitrogen and oxygen atoms in total. The van der Waals surface area contributed by atoms with Crippen molar-refractivity contribution < 1.29 is 0 Å². The number of hydrogen-bond acceptors (Lipinski definition) is 2.